The quantitative estimate of drug-likeness (QED) is 0.117. The zero-order valence-corrected chi connectivity index (χ0v) is 36.9. The van der Waals surface area contributed by atoms with E-state index in [0.717, 1.165) is 63.5 Å². The van der Waals surface area contributed by atoms with Crippen molar-refractivity contribution in [2.24, 2.45) is 0 Å². The number of amides is 1. The van der Waals surface area contributed by atoms with E-state index in [-0.39, 0.29) is 23.4 Å². The van der Waals surface area contributed by atoms with E-state index in [1.165, 1.54) is 11.1 Å². The van der Waals surface area contributed by atoms with Gasteiger partial charge in [-0.3, -0.25) is 4.72 Å². The summed E-state index contributed by atoms with van der Waals surface area (Å²) in [6, 6.07) is 33.5. The summed E-state index contributed by atoms with van der Waals surface area (Å²) in [5, 5.41) is 6.61. The third-order valence-electron chi connectivity index (χ3n) is 10.1. The van der Waals surface area contributed by atoms with Gasteiger partial charge in [-0.25, -0.2) is 21.6 Å². The second-order valence-corrected chi connectivity index (χ2v) is 19.6. The highest BCUT2D eigenvalue weighted by Crippen LogP contribution is 2.31. The molecule has 2 aliphatic heterocycles. The fourth-order valence-corrected chi connectivity index (χ4v) is 9.57. The number of nitrogens with one attached hydrogen (secondary N) is 2. The normalized spacial score (nSPS) is 13.7. The molecular weight excluding hydrogens is 828 g/mol. The number of hydrogen-bond donors (Lipinski definition) is 3. The van der Waals surface area contributed by atoms with Crippen LogP contribution in [0.3, 0.4) is 0 Å². The molecule has 1 amide bonds. The van der Waals surface area contributed by atoms with Gasteiger partial charge in [-0.05, 0) is 122 Å². The molecule has 2 aliphatic rings. The van der Waals surface area contributed by atoms with E-state index >= 15 is 0 Å². The van der Waals surface area contributed by atoms with E-state index in [0.29, 0.717) is 35.6 Å². The number of benzene rings is 6. The van der Waals surface area contributed by atoms with Crippen molar-refractivity contribution in [2.75, 3.05) is 23.5 Å². The summed E-state index contributed by atoms with van der Waals surface area (Å²) in [5.41, 5.74) is 13.5. The Balaban J connectivity index is 0.000000173. The summed E-state index contributed by atoms with van der Waals surface area (Å²) in [7, 11) is -1.98. The average molecular weight is 878 g/mol. The first-order valence-corrected chi connectivity index (χ1v) is 22.8. The molecule has 0 spiro atoms. The predicted octanol–water partition coefficient (Wildman–Crippen LogP) is 9.65. The molecule has 0 atom stereocenters. The molecule has 6 aromatic carbocycles. The lowest BCUT2D eigenvalue weighted by Crippen LogP contribution is -2.40. The first-order valence-electron chi connectivity index (χ1n) is 19.0. The molecule has 0 aromatic heterocycles. The Morgan fingerprint density at radius 1 is 0.729 bits per heavy atom. The molecule has 10 nitrogen and oxygen atoms in total. The number of rotatable bonds is 4. The van der Waals surface area contributed by atoms with Crippen LogP contribution in [-0.2, 0) is 49.7 Å². The van der Waals surface area contributed by atoms with E-state index in [1.807, 2.05) is 101 Å². The number of carbonyl (C=O) groups is 1. The SMILES string of the molecule is CC(C)(C)OC(=O)N1CCc2cccc(N)c2C1.Cc1ccc(S(=O)(=O)Cl)c2ccccc12.Cc1ccc(S(=O)(=O)Nc2cccc3c2CNCC3)c2ccccc12.Cl. The highest BCUT2D eigenvalue weighted by atomic mass is 35.7. The third-order valence-corrected chi connectivity index (χ3v) is 12.9. The first-order chi connectivity index (χ1) is 27.4. The van der Waals surface area contributed by atoms with Crippen LogP contribution < -0.4 is 15.8 Å². The molecule has 0 aliphatic carbocycles. The largest absolute Gasteiger partial charge is 0.444 e. The van der Waals surface area contributed by atoms with Crippen LogP contribution in [0.4, 0.5) is 16.2 Å². The van der Waals surface area contributed by atoms with Crippen LogP contribution in [0.5, 0.6) is 0 Å². The van der Waals surface area contributed by atoms with E-state index in [1.54, 1.807) is 35.2 Å². The number of carbonyl (C=O) groups excluding carboxylic acids is 1. The Morgan fingerprint density at radius 2 is 1.27 bits per heavy atom. The highest BCUT2D eigenvalue weighted by Gasteiger charge is 2.27. The van der Waals surface area contributed by atoms with Gasteiger partial charge < -0.3 is 20.7 Å². The van der Waals surface area contributed by atoms with Crippen molar-refractivity contribution in [1.82, 2.24) is 10.2 Å². The van der Waals surface area contributed by atoms with Gasteiger partial charge in [0, 0.05) is 40.2 Å². The van der Waals surface area contributed by atoms with Gasteiger partial charge in [0.15, 0.2) is 0 Å². The summed E-state index contributed by atoms with van der Waals surface area (Å²) in [6.45, 7) is 12.4. The summed E-state index contributed by atoms with van der Waals surface area (Å²) >= 11 is 0. The van der Waals surface area contributed by atoms with E-state index in [9.17, 15) is 21.6 Å². The van der Waals surface area contributed by atoms with Crippen molar-refractivity contribution < 1.29 is 26.4 Å². The number of nitrogen functional groups attached to an aromatic ring is 1. The molecule has 14 heteroatoms. The van der Waals surface area contributed by atoms with Crippen LogP contribution in [0.25, 0.3) is 21.5 Å². The molecule has 0 unspecified atom stereocenters. The van der Waals surface area contributed by atoms with Crippen LogP contribution in [0.15, 0.2) is 119 Å². The summed E-state index contributed by atoms with van der Waals surface area (Å²) in [5.74, 6) is 0. The third kappa shape index (κ3) is 10.9. The molecule has 0 radical (unpaired) electrons. The molecule has 0 fully saturated rings. The number of nitrogens with zero attached hydrogens (tertiary/aromatic N) is 1. The highest BCUT2D eigenvalue weighted by molar-refractivity contribution is 8.14. The van der Waals surface area contributed by atoms with E-state index < -0.39 is 24.7 Å². The molecule has 59 heavy (non-hydrogen) atoms. The number of ether oxygens (including phenoxy) is 1. The van der Waals surface area contributed by atoms with Gasteiger partial charge in [-0.2, -0.15) is 0 Å². The van der Waals surface area contributed by atoms with Gasteiger partial charge in [-0.15, -0.1) is 12.4 Å². The number of nitrogens with two attached hydrogens (primary N) is 1. The van der Waals surface area contributed by atoms with Gasteiger partial charge in [0.25, 0.3) is 19.1 Å². The topological polar surface area (TPSA) is 148 Å². The second-order valence-electron chi connectivity index (χ2n) is 15.4. The molecular formula is C45H50Cl2N4O6S2. The lowest BCUT2D eigenvalue weighted by Gasteiger charge is -2.31. The fourth-order valence-electron chi connectivity index (χ4n) is 7.19. The Bertz CT molecular complexity index is 2720. The zero-order chi connectivity index (χ0) is 41.8. The molecule has 4 N–H and O–H groups in total. The molecule has 2 heterocycles. The molecule has 0 saturated carbocycles. The molecule has 0 bridgehead atoms. The average Bonchev–Trinajstić information content (AvgIpc) is 3.18. The standard InChI is InChI=1S/C20H20N2O2S.C14H20N2O2.C11H9ClO2S.ClH/c1-14-9-10-20(17-7-3-2-6-16(14)17)25(23,24)22-19-8-4-5-15-11-12-21-13-18(15)19;1-14(2,3)18-13(17)16-8-7-10-5-4-6-12(15)11(10)9-16;1-8-6-7-11(15(12,13)14)10-5-3-2-4-9(8)10;/h2-10,21-22H,11-13H2,1H3;4-6H,7-9,15H2,1-3H3;2-7H,1H3;1H. The van der Waals surface area contributed by atoms with Crippen LogP contribution in [-0.4, -0.2) is 46.5 Å². The number of fused-ring (bicyclic) bond motifs is 4. The Labute approximate surface area is 358 Å². The van der Waals surface area contributed by atoms with Crippen LogP contribution in [0.2, 0.25) is 0 Å². The smallest absolute Gasteiger partial charge is 0.410 e. The minimum atomic E-state index is -3.67. The van der Waals surface area contributed by atoms with Crippen molar-refractivity contribution in [1.29, 1.82) is 0 Å². The van der Waals surface area contributed by atoms with Crippen LogP contribution in [0, 0.1) is 13.8 Å². The maximum atomic E-state index is 13.1. The van der Waals surface area contributed by atoms with Crippen molar-refractivity contribution in [2.45, 2.75) is 75.9 Å². The van der Waals surface area contributed by atoms with Crippen molar-refractivity contribution in [3.8, 4) is 0 Å². The van der Waals surface area contributed by atoms with E-state index in [4.69, 9.17) is 21.2 Å². The van der Waals surface area contributed by atoms with Gasteiger partial charge >= 0.3 is 6.09 Å². The Hall–Kier alpha value is -4.85. The first kappa shape index (κ1) is 45.2. The summed E-state index contributed by atoms with van der Waals surface area (Å²) < 4.78 is 57.0. The maximum absolute atomic E-state index is 13.1. The lowest BCUT2D eigenvalue weighted by molar-refractivity contribution is 0.0224. The number of hydrogen-bond acceptors (Lipinski definition) is 8. The Kier molecular flexibility index (Phi) is 14.3. The van der Waals surface area contributed by atoms with Gasteiger partial charge in [-0.1, -0.05) is 84.9 Å². The van der Waals surface area contributed by atoms with Crippen LogP contribution in [0.1, 0.15) is 54.2 Å². The zero-order valence-electron chi connectivity index (χ0n) is 33.7. The maximum Gasteiger partial charge on any atom is 0.410 e. The van der Waals surface area contributed by atoms with Crippen molar-refractivity contribution in [3.05, 3.63) is 143 Å². The van der Waals surface area contributed by atoms with Gasteiger partial charge in [0.1, 0.15) is 5.60 Å². The van der Waals surface area contributed by atoms with Gasteiger partial charge in [0.2, 0.25) is 0 Å². The predicted molar refractivity (Wildman–Crippen MR) is 242 cm³/mol. The lowest BCUT2D eigenvalue weighted by atomic mass is 9.98. The van der Waals surface area contributed by atoms with Crippen molar-refractivity contribution in [3.63, 3.8) is 0 Å². The monoisotopic (exact) mass is 876 g/mol. The molecule has 8 rings (SSSR count). The summed E-state index contributed by atoms with van der Waals surface area (Å²) in [4.78, 5) is 14.2. The number of sulfonamides is 1. The minimum absolute atomic E-state index is 0. The molecule has 312 valence electrons. The number of halogens is 2. The van der Waals surface area contributed by atoms with Crippen molar-refractivity contribution >= 4 is 81.2 Å². The van der Waals surface area contributed by atoms with Gasteiger partial charge in [0.05, 0.1) is 22.0 Å². The second kappa shape index (κ2) is 18.6. The molecule has 6 aromatic rings. The van der Waals surface area contributed by atoms with Crippen LogP contribution >= 0.6 is 23.1 Å². The minimum Gasteiger partial charge on any atom is -0.444 e. The molecule has 0 saturated heterocycles. The summed E-state index contributed by atoms with van der Waals surface area (Å²) in [6.07, 6.45) is 1.48. The number of aryl methyl sites for hydroxylation is 2. The number of anilines is 2. The Morgan fingerprint density at radius 3 is 1.86 bits per heavy atom. The fraction of sp³-hybridized carbons (Fsp3) is 0.267. The van der Waals surface area contributed by atoms with E-state index in [2.05, 4.69) is 22.2 Å².